The molecule has 4 rings (SSSR count). The smallest absolute Gasteiger partial charge is 0.412 e. The topological polar surface area (TPSA) is 108 Å². The molecule has 3 heterocycles. The molecule has 4 N–H and O–H groups in total. The first kappa shape index (κ1) is 26.1. The van der Waals surface area contributed by atoms with Crippen LogP contribution in [-0.4, -0.2) is 41.1 Å². The predicted octanol–water partition coefficient (Wildman–Crippen LogP) is 5.50. The molecule has 7 nitrogen and oxygen atoms in total. The zero-order valence-corrected chi connectivity index (χ0v) is 20.2. The molecule has 0 fully saturated rings. The number of anilines is 1. The second-order valence-corrected chi connectivity index (χ2v) is 8.95. The molecule has 36 heavy (non-hydrogen) atoms. The van der Waals surface area contributed by atoms with Gasteiger partial charge in [-0.3, -0.25) is 4.79 Å². The van der Waals surface area contributed by atoms with Crippen molar-refractivity contribution in [3.05, 3.63) is 57.7 Å². The number of hydrogen-bond donors (Lipinski definition) is 2. The van der Waals surface area contributed by atoms with Crippen LogP contribution in [0.3, 0.4) is 0 Å². The Bertz CT molecular complexity index is 1360. The Labute approximate surface area is 212 Å². The number of amides is 1. The predicted molar refractivity (Wildman–Crippen MR) is 127 cm³/mol. The summed E-state index contributed by atoms with van der Waals surface area (Å²) in [6.45, 7) is 1.60. The fourth-order valence-corrected chi connectivity index (χ4v) is 4.62. The van der Waals surface area contributed by atoms with Crippen molar-refractivity contribution in [1.82, 2.24) is 9.88 Å². The number of carbonyl (C=O) groups excluding carboxylic acids is 1. The largest absolute Gasteiger partial charge is 0.478 e. The van der Waals surface area contributed by atoms with Crippen LogP contribution in [0.1, 0.15) is 30.6 Å². The average Bonchev–Trinajstić information content (AvgIpc) is 3.26. The Hall–Kier alpha value is -3.02. The quantitative estimate of drug-likeness (QED) is 0.323. The number of nitrogens with zero attached hydrogens (tertiary/aromatic N) is 2. The lowest BCUT2D eigenvalue weighted by Gasteiger charge is -2.29. The van der Waals surface area contributed by atoms with Gasteiger partial charge in [-0.1, -0.05) is 29.3 Å². The van der Waals surface area contributed by atoms with Crippen molar-refractivity contribution < 1.29 is 31.5 Å². The molecule has 2 aromatic heterocycles. The number of hydrogen-bond acceptors (Lipinski definition) is 6. The van der Waals surface area contributed by atoms with Crippen LogP contribution in [0.15, 0.2) is 35.1 Å². The molecule has 0 aliphatic carbocycles. The third kappa shape index (κ3) is 4.82. The number of halogens is 6. The van der Waals surface area contributed by atoms with Crippen molar-refractivity contribution in [1.29, 1.82) is 0 Å². The van der Waals surface area contributed by atoms with E-state index in [0.29, 0.717) is 10.9 Å². The highest BCUT2D eigenvalue weighted by atomic mass is 35.5. The highest BCUT2D eigenvalue weighted by Crippen LogP contribution is 2.41. The van der Waals surface area contributed by atoms with Crippen molar-refractivity contribution in [2.24, 2.45) is 5.73 Å². The Morgan fingerprint density at radius 3 is 2.67 bits per heavy atom. The van der Waals surface area contributed by atoms with Crippen LogP contribution in [0.4, 0.5) is 23.4 Å². The van der Waals surface area contributed by atoms with E-state index in [4.69, 9.17) is 43.8 Å². The molecule has 1 aliphatic heterocycles. The number of aromatic nitrogens is 1. The van der Waals surface area contributed by atoms with Gasteiger partial charge in [-0.05, 0) is 31.1 Å². The van der Waals surface area contributed by atoms with Gasteiger partial charge < -0.3 is 25.5 Å². The average molecular weight is 547 g/mol. The second kappa shape index (κ2) is 9.79. The van der Waals surface area contributed by atoms with Gasteiger partial charge in [-0.25, -0.2) is 9.37 Å². The number of rotatable bonds is 5. The van der Waals surface area contributed by atoms with Crippen molar-refractivity contribution in [2.75, 3.05) is 18.8 Å². The van der Waals surface area contributed by atoms with E-state index < -0.39 is 30.0 Å². The summed E-state index contributed by atoms with van der Waals surface area (Å²) in [4.78, 5) is 17.3. The molecule has 0 saturated heterocycles. The minimum absolute atomic E-state index is 0.00873. The number of fused-ring (bicyclic) bond motifs is 1. The van der Waals surface area contributed by atoms with Crippen molar-refractivity contribution in [3.8, 4) is 5.75 Å². The maximum absolute atomic E-state index is 14.0. The first-order valence-corrected chi connectivity index (χ1v) is 11.4. The molecular formula is C23H20Cl2F4N4O3. The fourth-order valence-electron chi connectivity index (χ4n) is 3.94. The van der Waals surface area contributed by atoms with E-state index >= 15 is 0 Å². The van der Waals surface area contributed by atoms with Gasteiger partial charge in [0.15, 0.2) is 17.4 Å². The minimum atomic E-state index is -4.82. The molecule has 1 aliphatic rings. The Morgan fingerprint density at radius 2 is 2.03 bits per heavy atom. The highest BCUT2D eigenvalue weighted by molar-refractivity contribution is 6.36. The molecule has 0 radical (unpaired) electrons. The minimum Gasteiger partial charge on any atom is -0.478 e. The van der Waals surface area contributed by atoms with E-state index in [9.17, 15) is 22.4 Å². The number of benzene rings is 1. The van der Waals surface area contributed by atoms with E-state index in [1.165, 1.54) is 18.5 Å². The Morgan fingerprint density at radius 1 is 1.31 bits per heavy atom. The molecule has 2 unspecified atom stereocenters. The van der Waals surface area contributed by atoms with Crippen LogP contribution >= 0.6 is 23.2 Å². The zero-order valence-electron chi connectivity index (χ0n) is 18.7. The maximum atomic E-state index is 14.0. The van der Waals surface area contributed by atoms with Crippen LogP contribution in [-0.2, 0) is 4.79 Å². The van der Waals surface area contributed by atoms with Gasteiger partial charge in [0.25, 0.3) is 0 Å². The van der Waals surface area contributed by atoms with E-state index in [-0.39, 0.29) is 52.3 Å². The molecule has 192 valence electrons. The number of carbonyl (C=O) groups is 1. The molecule has 13 heteroatoms. The van der Waals surface area contributed by atoms with E-state index in [0.717, 1.165) is 16.5 Å². The summed E-state index contributed by atoms with van der Waals surface area (Å²) in [5.74, 6) is -1.76. The van der Waals surface area contributed by atoms with Gasteiger partial charge in [0, 0.05) is 35.4 Å². The molecule has 1 amide bonds. The molecule has 0 spiro atoms. The Kier molecular flexibility index (Phi) is 7.09. The maximum Gasteiger partial charge on any atom is 0.412 e. The number of nitrogen functional groups attached to an aromatic ring is 1. The van der Waals surface area contributed by atoms with Crippen LogP contribution in [0.2, 0.25) is 10.0 Å². The summed E-state index contributed by atoms with van der Waals surface area (Å²) in [7, 11) is 0. The molecular weight excluding hydrogens is 527 g/mol. The summed E-state index contributed by atoms with van der Waals surface area (Å²) in [6.07, 6.45) is -0.842. The number of alkyl halides is 3. The van der Waals surface area contributed by atoms with E-state index in [1.807, 2.05) is 0 Å². The number of ether oxygens (including phenoxy) is 1. The van der Waals surface area contributed by atoms with Crippen LogP contribution in [0, 0.1) is 5.82 Å². The summed E-state index contributed by atoms with van der Waals surface area (Å²) >= 11 is 12.3. The number of nitrogens with two attached hydrogens (primary N) is 2. The Balaban J connectivity index is 1.61. The summed E-state index contributed by atoms with van der Waals surface area (Å²) in [5.41, 5.74) is 12.9. The number of furan rings is 1. The first-order chi connectivity index (χ1) is 16.9. The fraction of sp³-hybridized carbons (Fsp3) is 0.304. The normalized spacial score (nSPS) is 16.1. The third-order valence-electron chi connectivity index (χ3n) is 5.87. The SMILES string of the molecule is CC(Oc1c(N)ncc2c(C3=CCN(C(=O)C(N)C(F)(F)F)CC3)coc12)c1c(Cl)ccc(F)c1Cl. The first-order valence-electron chi connectivity index (χ1n) is 10.7. The van der Waals surface area contributed by atoms with E-state index in [2.05, 4.69) is 4.98 Å². The van der Waals surface area contributed by atoms with Crippen molar-refractivity contribution in [3.63, 3.8) is 0 Å². The van der Waals surface area contributed by atoms with E-state index in [1.54, 1.807) is 13.0 Å². The van der Waals surface area contributed by atoms with Gasteiger partial charge >= 0.3 is 6.18 Å². The van der Waals surface area contributed by atoms with Gasteiger partial charge in [0.05, 0.1) is 16.7 Å². The molecule has 0 bridgehead atoms. The lowest BCUT2D eigenvalue weighted by molar-refractivity contribution is -0.169. The van der Waals surface area contributed by atoms with Gasteiger partial charge in [-0.2, -0.15) is 13.2 Å². The molecule has 3 aromatic rings. The lowest BCUT2D eigenvalue weighted by atomic mass is 9.99. The van der Waals surface area contributed by atoms with Crippen molar-refractivity contribution >= 4 is 51.5 Å². The number of pyridine rings is 1. The molecule has 2 atom stereocenters. The molecule has 1 aromatic carbocycles. The van der Waals surface area contributed by atoms with Gasteiger partial charge in [-0.15, -0.1) is 0 Å². The highest BCUT2D eigenvalue weighted by Gasteiger charge is 2.44. The summed E-state index contributed by atoms with van der Waals surface area (Å²) in [5, 5.41) is 0.538. The summed E-state index contributed by atoms with van der Waals surface area (Å²) < 4.78 is 64.1. The standard InChI is InChI=1S/C23H20Cl2F4N4O3/c1-10(16-14(24)2-3-15(26)17(16)25)36-19-18-12(8-32-21(19)31)13(9-35-18)11-4-6-33(7-5-11)22(34)20(30)23(27,28)29/h2-4,8-10,20H,5-7,30H2,1H3,(H2,31,32). The van der Waals surface area contributed by atoms with Crippen LogP contribution in [0.5, 0.6) is 5.75 Å². The summed E-state index contributed by atoms with van der Waals surface area (Å²) in [6, 6.07) is -0.0769. The van der Waals surface area contributed by atoms with Crippen LogP contribution < -0.4 is 16.2 Å². The second-order valence-electron chi connectivity index (χ2n) is 8.16. The van der Waals surface area contributed by atoms with Crippen LogP contribution in [0.25, 0.3) is 16.5 Å². The monoisotopic (exact) mass is 546 g/mol. The van der Waals surface area contributed by atoms with Crippen molar-refractivity contribution in [2.45, 2.75) is 31.7 Å². The third-order valence-corrected chi connectivity index (χ3v) is 6.58. The zero-order chi connectivity index (χ0) is 26.4. The lowest BCUT2D eigenvalue weighted by Crippen LogP contribution is -2.52. The van der Waals surface area contributed by atoms with Gasteiger partial charge in [0.1, 0.15) is 11.9 Å². The van der Waals surface area contributed by atoms with Gasteiger partial charge in [0.2, 0.25) is 11.7 Å². The molecule has 0 saturated carbocycles.